The fourth-order valence-corrected chi connectivity index (χ4v) is 4.76. The predicted molar refractivity (Wildman–Crippen MR) is 85.3 cm³/mol. The van der Waals surface area contributed by atoms with E-state index in [2.05, 4.69) is 20.8 Å². The van der Waals surface area contributed by atoms with E-state index < -0.39 is 0 Å². The molecule has 0 spiro atoms. The summed E-state index contributed by atoms with van der Waals surface area (Å²) in [6.07, 6.45) is 16.6. The first-order valence-corrected chi connectivity index (χ1v) is 9.20. The molecule has 0 aromatic rings. The minimum atomic E-state index is 1.01. The molecule has 0 bridgehead atoms. The molecule has 2 aliphatic rings. The lowest BCUT2D eigenvalue weighted by Crippen LogP contribution is -2.26. The molecular weight excluding hydrogens is 228 g/mol. The maximum atomic E-state index is 2.59. The Labute approximate surface area is 121 Å². The van der Waals surface area contributed by atoms with E-state index in [9.17, 15) is 0 Å². The Kier molecular flexibility index (Phi) is 6.23. The van der Waals surface area contributed by atoms with Crippen LogP contribution in [-0.2, 0) is 0 Å². The van der Waals surface area contributed by atoms with Gasteiger partial charge in [0.2, 0.25) is 0 Å². The van der Waals surface area contributed by atoms with E-state index in [0.717, 1.165) is 29.6 Å². The first-order valence-electron chi connectivity index (χ1n) is 9.20. The third-order valence-corrected chi connectivity index (χ3v) is 6.50. The summed E-state index contributed by atoms with van der Waals surface area (Å²) in [5.41, 5.74) is 0. The van der Waals surface area contributed by atoms with Crippen LogP contribution in [0.2, 0.25) is 0 Å². The van der Waals surface area contributed by atoms with Crippen LogP contribution < -0.4 is 0 Å². The molecule has 0 N–H and O–H groups in total. The van der Waals surface area contributed by atoms with E-state index in [1.807, 2.05) is 0 Å². The summed E-state index contributed by atoms with van der Waals surface area (Å²) < 4.78 is 0. The van der Waals surface area contributed by atoms with E-state index >= 15 is 0 Å². The van der Waals surface area contributed by atoms with Crippen molar-refractivity contribution < 1.29 is 0 Å². The summed E-state index contributed by atoms with van der Waals surface area (Å²) in [4.78, 5) is 0. The lowest BCUT2D eigenvalue weighted by Gasteiger charge is -2.36. The summed E-state index contributed by atoms with van der Waals surface area (Å²) in [7, 11) is 0. The molecule has 19 heavy (non-hydrogen) atoms. The molecule has 2 saturated carbocycles. The van der Waals surface area contributed by atoms with Crippen molar-refractivity contribution in [3.63, 3.8) is 0 Å². The maximum Gasteiger partial charge on any atom is -0.0386 e. The van der Waals surface area contributed by atoms with Crippen LogP contribution in [-0.4, -0.2) is 0 Å². The third kappa shape index (κ3) is 4.50. The zero-order valence-corrected chi connectivity index (χ0v) is 13.7. The van der Waals surface area contributed by atoms with Crippen molar-refractivity contribution in [2.45, 2.75) is 91.4 Å². The molecule has 0 saturated heterocycles. The minimum Gasteiger partial charge on any atom is -0.0651 e. The quantitative estimate of drug-likeness (QED) is 0.550. The van der Waals surface area contributed by atoms with E-state index in [1.54, 1.807) is 0 Å². The number of hydrogen-bond acceptors (Lipinski definition) is 0. The van der Waals surface area contributed by atoms with Crippen molar-refractivity contribution in [3.05, 3.63) is 0 Å². The minimum absolute atomic E-state index is 1.01. The van der Waals surface area contributed by atoms with Gasteiger partial charge in [-0.1, -0.05) is 78.6 Å². The van der Waals surface area contributed by atoms with Gasteiger partial charge in [-0.3, -0.25) is 0 Å². The summed E-state index contributed by atoms with van der Waals surface area (Å²) in [6.45, 7) is 7.42. The predicted octanol–water partition coefficient (Wildman–Crippen LogP) is 6.45. The van der Waals surface area contributed by atoms with Gasteiger partial charge in [0.15, 0.2) is 0 Å². The number of hydrogen-bond donors (Lipinski definition) is 0. The Bertz CT molecular complexity index is 226. The lowest BCUT2D eigenvalue weighted by atomic mass is 9.69. The summed E-state index contributed by atoms with van der Waals surface area (Å²) >= 11 is 0. The highest BCUT2D eigenvalue weighted by Crippen LogP contribution is 2.40. The molecule has 0 amide bonds. The van der Waals surface area contributed by atoms with E-state index in [4.69, 9.17) is 0 Å². The molecule has 0 heterocycles. The molecule has 0 radical (unpaired) electrons. The average molecular weight is 264 g/mol. The second kappa shape index (κ2) is 7.70. The Morgan fingerprint density at radius 3 is 1.84 bits per heavy atom. The highest BCUT2D eigenvalue weighted by molar-refractivity contribution is 4.80. The van der Waals surface area contributed by atoms with Crippen LogP contribution in [0, 0.1) is 29.6 Å². The molecule has 0 aromatic heterocycles. The van der Waals surface area contributed by atoms with Crippen molar-refractivity contribution in [1.29, 1.82) is 0 Å². The SMILES string of the molecule is CCC1CCCC(C(C)C2CCC(C)CC2)CCC1. The van der Waals surface area contributed by atoms with Crippen LogP contribution in [0.25, 0.3) is 0 Å². The summed E-state index contributed by atoms with van der Waals surface area (Å²) in [6, 6.07) is 0. The molecule has 0 heteroatoms. The first kappa shape index (κ1) is 15.4. The van der Waals surface area contributed by atoms with Crippen LogP contribution in [0.15, 0.2) is 0 Å². The lowest BCUT2D eigenvalue weighted by molar-refractivity contribution is 0.145. The molecule has 2 aliphatic carbocycles. The van der Waals surface area contributed by atoms with Gasteiger partial charge in [0, 0.05) is 0 Å². The molecular formula is C19H36. The first-order chi connectivity index (χ1) is 9.20. The van der Waals surface area contributed by atoms with Crippen LogP contribution in [0.1, 0.15) is 91.4 Å². The van der Waals surface area contributed by atoms with Gasteiger partial charge in [-0.15, -0.1) is 0 Å². The molecule has 0 aliphatic heterocycles. The van der Waals surface area contributed by atoms with E-state index in [-0.39, 0.29) is 0 Å². The monoisotopic (exact) mass is 264 g/mol. The van der Waals surface area contributed by atoms with Gasteiger partial charge in [0.25, 0.3) is 0 Å². The summed E-state index contributed by atoms with van der Waals surface area (Å²) in [5, 5.41) is 0. The van der Waals surface area contributed by atoms with Gasteiger partial charge in [0.1, 0.15) is 0 Å². The van der Waals surface area contributed by atoms with E-state index in [0.29, 0.717) is 0 Å². The van der Waals surface area contributed by atoms with Gasteiger partial charge >= 0.3 is 0 Å². The molecule has 1 unspecified atom stereocenters. The van der Waals surface area contributed by atoms with Crippen molar-refractivity contribution >= 4 is 0 Å². The van der Waals surface area contributed by atoms with Gasteiger partial charge < -0.3 is 0 Å². The second-order valence-electron chi connectivity index (χ2n) is 7.78. The van der Waals surface area contributed by atoms with Gasteiger partial charge in [-0.05, 0) is 42.4 Å². The fourth-order valence-electron chi connectivity index (χ4n) is 4.76. The van der Waals surface area contributed by atoms with Crippen molar-refractivity contribution in [2.75, 3.05) is 0 Å². The maximum absolute atomic E-state index is 2.59. The standard InChI is InChI=1S/C19H36/c1-4-17-7-5-9-18(10-6-8-17)16(3)19-13-11-15(2)12-14-19/h15-19H,4-14H2,1-3H3. The fraction of sp³-hybridized carbons (Fsp3) is 1.00. The largest absolute Gasteiger partial charge is 0.0651 e. The van der Waals surface area contributed by atoms with Crippen LogP contribution >= 0.6 is 0 Å². The second-order valence-corrected chi connectivity index (χ2v) is 7.78. The van der Waals surface area contributed by atoms with Crippen LogP contribution in [0.4, 0.5) is 0 Å². The average Bonchev–Trinajstić information content (AvgIpc) is 2.39. The molecule has 0 nitrogen and oxygen atoms in total. The zero-order chi connectivity index (χ0) is 13.7. The smallest absolute Gasteiger partial charge is 0.0386 e. The van der Waals surface area contributed by atoms with Crippen LogP contribution in [0.5, 0.6) is 0 Å². The normalized spacial score (nSPS) is 39.3. The molecule has 0 aromatic carbocycles. The van der Waals surface area contributed by atoms with Gasteiger partial charge in [-0.25, -0.2) is 0 Å². The van der Waals surface area contributed by atoms with Crippen molar-refractivity contribution in [1.82, 2.24) is 0 Å². The van der Waals surface area contributed by atoms with Gasteiger partial charge in [-0.2, -0.15) is 0 Å². The van der Waals surface area contributed by atoms with Crippen LogP contribution in [0.3, 0.4) is 0 Å². The highest BCUT2D eigenvalue weighted by atomic mass is 14.3. The van der Waals surface area contributed by atoms with Crippen molar-refractivity contribution in [3.8, 4) is 0 Å². The topological polar surface area (TPSA) is 0 Å². The number of rotatable bonds is 3. The van der Waals surface area contributed by atoms with Gasteiger partial charge in [0.05, 0.1) is 0 Å². The highest BCUT2D eigenvalue weighted by Gasteiger charge is 2.29. The zero-order valence-electron chi connectivity index (χ0n) is 13.7. The Balaban J connectivity index is 1.80. The van der Waals surface area contributed by atoms with E-state index in [1.165, 1.54) is 70.6 Å². The Hall–Kier alpha value is 0. The Morgan fingerprint density at radius 2 is 1.32 bits per heavy atom. The Morgan fingerprint density at radius 1 is 0.789 bits per heavy atom. The molecule has 2 fully saturated rings. The molecule has 112 valence electrons. The molecule has 2 rings (SSSR count). The summed E-state index contributed by atoms with van der Waals surface area (Å²) in [5.74, 6) is 5.17. The third-order valence-electron chi connectivity index (χ3n) is 6.50. The van der Waals surface area contributed by atoms with Crippen molar-refractivity contribution in [2.24, 2.45) is 29.6 Å². The molecule has 1 atom stereocenters.